The molecule has 1 aliphatic heterocycles. The zero-order valence-electron chi connectivity index (χ0n) is 9.86. The van der Waals surface area contributed by atoms with E-state index in [1.165, 1.54) is 0 Å². The lowest BCUT2D eigenvalue weighted by Crippen LogP contribution is -2.45. The third kappa shape index (κ3) is 2.38. The molecule has 0 bridgehead atoms. The summed E-state index contributed by atoms with van der Waals surface area (Å²) in [6, 6.07) is 8.41. The minimum atomic E-state index is 0.269. The first-order chi connectivity index (χ1) is 8.13. The van der Waals surface area contributed by atoms with Crippen molar-refractivity contribution in [2.45, 2.75) is 31.8 Å². The molecule has 0 radical (unpaired) electrons. The van der Waals surface area contributed by atoms with E-state index < -0.39 is 0 Å². The van der Waals surface area contributed by atoms with Crippen molar-refractivity contribution in [3.63, 3.8) is 0 Å². The van der Waals surface area contributed by atoms with E-state index in [1.54, 1.807) is 6.07 Å². The molecule has 1 heterocycles. The van der Waals surface area contributed by atoms with Gasteiger partial charge in [-0.3, -0.25) is 0 Å². The normalized spacial score (nSPS) is 24.5. The van der Waals surface area contributed by atoms with Gasteiger partial charge in [0, 0.05) is 18.6 Å². The highest BCUT2D eigenvalue weighted by molar-refractivity contribution is 6.32. The molecule has 4 heteroatoms. The van der Waals surface area contributed by atoms with Crippen molar-refractivity contribution in [1.29, 1.82) is 5.26 Å². The number of hydrogen-bond acceptors (Lipinski definition) is 3. The maximum absolute atomic E-state index is 9.18. The first-order valence-corrected chi connectivity index (χ1v) is 6.22. The number of nitriles is 1. The lowest BCUT2D eigenvalue weighted by Gasteiger charge is -2.38. The molecule has 90 valence electrons. The van der Waals surface area contributed by atoms with Gasteiger partial charge in [0.15, 0.2) is 0 Å². The van der Waals surface area contributed by atoms with Gasteiger partial charge in [0.05, 0.1) is 16.3 Å². The SMILES string of the molecule is CC1CC(N)CCN1c1cccc(Cl)c1C#N. The van der Waals surface area contributed by atoms with Crippen molar-refractivity contribution in [3.8, 4) is 6.07 Å². The molecule has 2 rings (SSSR count). The van der Waals surface area contributed by atoms with E-state index in [1.807, 2.05) is 12.1 Å². The summed E-state index contributed by atoms with van der Waals surface area (Å²) in [7, 11) is 0. The molecule has 0 aromatic heterocycles. The molecule has 1 fully saturated rings. The van der Waals surface area contributed by atoms with Crippen LogP contribution in [0.3, 0.4) is 0 Å². The van der Waals surface area contributed by atoms with Crippen molar-refractivity contribution in [2.75, 3.05) is 11.4 Å². The Bertz CT molecular complexity index is 452. The Balaban J connectivity index is 2.35. The van der Waals surface area contributed by atoms with Gasteiger partial charge in [-0.1, -0.05) is 17.7 Å². The van der Waals surface area contributed by atoms with E-state index >= 15 is 0 Å². The minimum absolute atomic E-state index is 0.269. The van der Waals surface area contributed by atoms with E-state index in [0.717, 1.165) is 25.1 Å². The summed E-state index contributed by atoms with van der Waals surface area (Å²) >= 11 is 6.05. The van der Waals surface area contributed by atoms with Gasteiger partial charge in [-0.05, 0) is 31.9 Å². The van der Waals surface area contributed by atoms with Crippen LogP contribution < -0.4 is 10.6 Å². The van der Waals surface area contributed by atoms with Gasteiger partial charge in [-0.25, -0.2) is 0 Å². The number of nitrogens with two attached hydrogens (primary N) is 1. The van der Waals surface area contributed by atoms with Crippen LogP contribution in [0, 0.1) is 11.3 Å². The predicted molar refractivity (Wildman–Crippen MR) is 70.2 cm³/mol. The molecule has 2 N–H and O–H groups in total. The van der Waals surface area contributed by atoms with Crippen LogP contribution in [0.5, 0.6) is 0 Å². The Kier molecular flexibility index (Phi) is 3.56. The van der Waals surface area contributed by atoms with Crippen molar-refractivity contribution in [1.82, 2.24) is 0 Å². The van der Waals surface area contributed by atoms with E-state index in [2.05, 4.69) is 17.9 Å². The van der Waals surface area contributed by atoms with Gasteiger partial charge in [-0.15, -0.1) is 0 Å². The van der Waals surface area contributed by atoms with Crippen LogP contribution in [0.15, 0.2) is 18.2 Å². The number of hydrogen-bond donors (Lipinski definition) is 1. The smallest absolute Gasteiger partial charge is 0.103 e. The molecule has 1 aromatic rings. The van der Waals surface area contributed by atoms with Gasteiger partial charge in [-0.2, -0.15) is 5.26 Å². The molecular weight excluding hydrogens is 234 g/mol. The largest absolute Gasteiger partial charge is 0.368 e. The van der Waals surface area contributed by atoms with E-state index in [-0.39, 0.29) is 6.04 Å². The molecule has 0 spiro atoms. The van der Waals surface area contributed by atoms with Crippen LogP contribution in [-0.2, 0) is 0 Å². The van der Waals surface area contributed by atoms with Crippen LogP contribution >= 0.6 is 11.6 Å². The average molecular weight is 250 g/mol. The third-order valence-corrected chi connectivity index (χ3v) is 3.64. The van der Waals surface area contributed by atoms with Crippen LogP contribution in [0.4, 0.5) is 5.69 Å². The number of halogens is 1. The molecule has 3 nitrogen and oxygen atoms in total. The number of anilines is 1. The number of rotatable bonds is 1. The van der Waals surface area contributed by atoms with Crippen LogP contribution in [0.25, 0.3) is 0 Å². The monoisotopic (exact) mass is 249 g/mol. The van der Waals surface area contributed by atoms with Crippen LogP contribution in [0.1, 0.15) is 25.3 Å². The van der Waals surface area contributed by atoms with Crippen molar-refractivity contribution < 1.29 is 0 Å². The van der Waals surface area contributed by atoms with Gasteiger partial charge in [0.2, 0.25) is 0 Å². The fraction of sp³-hybridized carbons (Fsp3) is 0.462. The van der Waals surface area contributed by atoms with E-state index in [4.69, 9.17) is 17.3 Å². The Morgan fingerprint density at radius 3 is 2.94 bits per heavy atom. The van der Waals surface area contributed by atoms with Crippen molar-refractivity contribution >= 4 is 17.3 Å². The summed E-state index contributed by atoms with van der Waals surface area (Å²) < 4.78 is 0. The van der Waals surface area contributed by atoms with Crippen molar-refractivity contribution in [2.24, 2.45) is 5.73 Å². The first kappa shape index (κ1) is 12.2. The highest BCUT2D eigenvalue weighted by Gasteiger charge is 2.25. The molecule has 2 atom stereocenters. The Morgan fingerprint density at radius 1 is 1.53 bits per heavy atom. The number of benzene rings is 1. The molecular formula is C13H16ClN3. The second-order valence-corrected chi connectivity index (χ2v) is 4.98. The average Bonchev–Trinajstić information content (AvgIpc) is 2.29. The number of piperidine rings is 1. The highest BCUT2D eigenvalue weighted by Crippen LogP contribution is 2.31. The summed E-state index contributed by atoms with van der Waals surface area (Å²) in [6.45, 7) is 3.03. The molecule has 17 heavy (non-hydrogen) atoms. The Labute approximate surface area is 107 Å². The molecule has 1 aromatic carbocycles. The second kappa shape index (κ2) is 4.95. The number of nitrogens with zero attached hydrogens (tertiary/aromatic N) is 2. The summed E-state index contributed by atoms with van der Waals surface area (Å²) in [5.41, 5.74) is 7.44. The Morgan fingerprint density at radius 2 is 2.29 bits per heavy atom. The molecule has 1 saturated heterocycles. The van der Waals surface area contributed by atoms with Gasteiger partial charge in [0.1, 0.15) is 6.07 Å². The summed E-state index contributed by atoms with van der Waals surface area (Å²) in [4.78, 5) is 2.23. The summed E-state index contributed by atoms with van der Waals surface area (Å²) in [6.07, 6.45) is 1.92. The molecule has 0 amide bonds. The van der Waals surface area contributed by atoms with Crippen LogP contribution in [-0.4, -0.2) is 18.6 Å². The third-order valence-electron chi connectivity index (χ3n) is 3.33. The second-order valence-electron chi connectivity index (χ2n) is 4.57. The quantitative estimate of drug-likeness (QED) is 0.832. The topological polar surface area (TPSA) is 53.0 Å². The summed E-state index contributed by atoms with van der Waals surface area (Å²) in [5.74, 6) is 0. The van der Waals surface area contributed by atoms with E-state index in [0.29, 0.717) is 16.6 Å². The highest BCUT2D eigenvalue weighted by atomic mass is 35.5. The molecule has 0 saturated carbocycles. The van der Waals surface area contributed by atoms with Gasteiger partial charge >= 0.3 is 0 Å². The first-order valence-electron chi connectivity index (χ1n) is 5.84. The Hall–Kier alpha value is -1.24. The lowest BCUT2D eigenvalue weighted by molar-refractivity contribution is 0.429. The zero-order chi connectivity index (χ0) is 12.4. The maximum Gasteiger partial charge on any atom is 0.103 e. The summed E-state index contributed by atoms with van der Waals surface area (Å²) in [5, 5.41) is 9.70. The predicted octanol–water partition coefficient (Wildman–Crippen LogP) is 2.53. The zero-order valence-corrected chi connectivity index (χ0v) is 10.6. The van der Waals surface area contributed by atoms with Crippen molar-refractivity contribution in [3.05, 3.63) is 28.8 Å². The lowest BCUT2D eigenvalue weighted by atomic mass is 9.97. The maximum atomic E-state index is 9.18. The fourth-order valence-corrected chi connectivity index (χ4v) is 2.64. The molecule has 2 unspecified atom stereocenters. The standard InChI is InChI=1S/C13H16ClN3/c1-9-7-10(16)5-6-17(9)13-4-2-3-12(14)11(13)8-15/h2-4,9-10H,5-7,16H2,1H3. The van der Waals surface area contributed by atoms with Gasteiger partial charge < -0.3 is 10.6 Å². The minimum Gasteiger partial charge on any atom is -0.368 e. The molecule has 0 aliphatic carbocycles. The fourth-order valence-electron chi connectivity index (χ4n) is 2.43. The van der Waals surface area contributed by atoms with Crippen LogP contribution in [0.2, 0.25) is 5.02 Å². The molecule has 1 aliphatic rings. The van der Waals surface area contributed by atoms with Gasteiger partial charge in [0.25, 0.3) is 0 Å². The van der Waals surface area contributed by atoms with E-state index in [9.17, 15) is 5.26 Å².